The molecule has 1 atom stereocenters. The van der Waals surface area contributed by atoms with Gasteiger partial charge in [0.25, 0.3) is 5.91 Å². The van der Waals surface area contributed by atoms with Crippen LogP contribution in [0.15, 0.2) is 48.9 Å². The maximum atomic E-state index is 11.7. The Morgan fingerprint density at radius 1 is 1.30 bits per heavy atom. The van der Waals surface area contributed by atoms with Crippen molar-refractivity contribution in [1.29, 1.82) is 0 Å². The maximum Gasteiger partial charge on any atom is 0.271 e. The lowest BCUT2D eigenvalue weighted by molar-refractivity contribution is 0.0839. The zero-order chi connectivity index (χ0) is 14.2. The molecule has 0 fully saturated rings. The number of amides is 1. The third-order valence-corrected chi connectivity index (χ3v) is 2.48. The minimum absolute atomic E-state index is 0.0856. The predicted molar refractivity (Wildman–Crippen MR) is 72.3 cm³/mol. The molecule has 0 spiro atoms. The van der Waals surface area contributed by atoms with Crippen molar-refractivity contribution < 1.29 is 14.6 Å². The largest absolute Gasteiger partial charge is 0.491 e. The summed E-state index contributed by atoms with van der Waals surface area (Å²) in [6, 6.07) is 9.16. The molecule has 6 heteroatoms. The third-order valence-electron chi connectivity index (χ3n) is 2.48. The van der Waals surface area contributed by atoms with Crippen LogP contribution in [0.1, 0.15) is 10.5 Å². The van der Waals surface area contributed by atoms with Gasteiger partial charge >= 0.3 is 0 Å². The number of nitrogens with one attached hydrogen (secondary N) is 1. The minimum Gasteiger partial charge on any atom is -0.491 e. The fourth-order valence-electron chi connectivity index (χ4n) is 1.49. The Morgan fingerprint density at radius 2 is 2.10 bits per heavy atom. The topological polar surface area (TPSA) is 84.3 Å². The molecule has 1 aromatic carbocycles. The highest BCUT2D eigenvalue weighted by molar-refractivity contribution is 5.91. The molecule has 2 rings (SSSR count). The smallest absolute Gasteiger partial charge is 0.271 e. The highest BCUT2D eigenvalue weighted by atomic mass is 16.5. The fourth-order valence-corrected chi connectivity index (χ4v) is 1.49. The first-order valence-electron chi connectivity index (χ1n) is 6.16. The van der Waals surface area contributed by atoms with Gasteiger partial charge in [0.2, 0.25) is 0 Å². The lowest BCUT2D eigenvalue weighted by atomic mass is 10.3. The van der Waals surface area contributed by atoms with E-state index in [1.807, 2.05) is 18.2 Å². The summed E-state index contributed by atoms with van der Waals surface area (Å²) in [7, 11) is 0. The van der Waals surface area contributed by atoms with Crippen LogP contribution in [-0.4, -0.2) is 40.2 Å². The van der Waals surface area contributed by atoms with E-state index in [1.165, 1.54) is 18.6 Å². The van der Waals surface area contributed by atoms with Crippen LogP contribution in [0.3, 0.4) is 0 Å². The minimum atomic E-state index is -0.796. The molecule has 2 aromatic rings. The Morgan fingerprint density at radius 3 is 2.80 bits per heavy atom. The van der Waals surface area contributed by atoms with Gasteiger partial charge in [-0.15, -0.1) is 0 Å². The predicted octanol–water partition coefficient (Wildman–Crippen LogP) is 0.646. The van der Waals surface area contributed by atoms with Gasteiger partial charge in [-0.3, -0.25) is 9.78 Å². The zero-order valence-electron chi connectivity index (χ0n) is 10.8. The number of carbonyl (C=O) groups is 1. The Hall–Kier alpha value is -2.47. The highest BCUT2D eigenvalue weighted by Crippen LogP contribution is 2.08. The number of carbonyl (C=O) groups excluding carboxylic acids is 1. The van der Waals surface area contributed by atoms with Crippen LogP contribution in [0.2, 0.25) is 0 Å². The van der Waals surface area contributed by atoms with E-state index in [4.69, 9.17) is 4.74 Å². The molecule has 6 nitrogen and oxygen atoms in total. The van der Waals surface area contributed by atoms with Crippen molar-refractivity contribution in [3.8, 4) is 5.75 Å². The number of hydrogen-bond donors (Lipinski definition) is 2. The standard InChI is InChI=1S/C14H15N3O3/c18-11(10-20-12-4-2-1-3-5-12)8-17-14(19)13-9-15-6-7-16-13/h1-7,9,11,18H,8,10H2,(H,17,19). The molecule has 104 valence electrons. The van der Waals surface area contributed by atoms with Crippen molar-refractivity contribution in [3.05, 3.63) is 54.6 Å². The first-order chi connectivity index (χ1) is 9.75. The number of aliphatic hydroxyl groups is 1. The normalized spacial score (nSPS) is 11.7. The number of para-hydroxylation sites is 1. The average molecular weight is 273 g/mol. The maximum absolute atomic E-state index is 11.7. The van der Waals surface area contributed by atoms with Crippen molar-refractivity contribution in [1.82, 2.24) is 15.3 Å². The molecule has 1 aromatic heterocycles. The van der Waals surface area contributed by atoms with Crippen LogP contribution in [0, 0.1) is 0 Å². The van der Waals surface area contributed by atoms with E-state index in [-0.39, 0.29) is 24.8 Å². The first-order valence-corrected chi connectivity index (χ1v) is 6.16. The van der Waals surface area contributed by atoms with Crippen LogP contribution < -0.4 is 10.1 Å². The van der Waals surface area contributed by atoms with Crippen LogP contribution in [-0.2, 0) is 0 Å². The molecular formula is C14H15N3O3. The lowest BCUT2D eigenvalue weighted by Crippen LogP contribution is -2.35. The number of benzene rings is 1. The summed E-state index contributed by atoms with van der Waals surface area (Å²) in [5, 5.41) is 12.3. The number of aliphatic hydroxyl groups excluding tert-OH is 1. The number of nitrogens with zero attached hydrogens (tertiary/aromatic N) is 2. The van der Waals surface area contributed by atoms with Crippen LogP contribution in [0.5, 0.6) is 5.75 Å². The Bertz CT molecular complexity index is 534. The van der Waals surface area contributed by atoms with Crippen LogP contribution in [0.4, 0.5) is 0 Å². The molecule has 1 heterocycles. The van der Waals surface area contributed by atoms with Gasteiger partial charge in [-0.25, -0.2) is 4.98 Å². The van der Waals surface area contributed by atoms with Crippen molar-refractivity contribution in [2.24, 2.45) is 0 Å². The van der Waals surface area contributed by atoms with E-state index in [9.17, 15) is 9.90 Å². The molecule has 0 saturated heterocycles. The van der Waals surface area contributed by atoms with E-state index in [1.54, 1.807) is 12.1 Å². The van der Waals surface area contributed by atoms with Gasteiger partial charge in [-0.1, -0.05) is 18.2 Å². The Kier molecular flexibility index (Phi) is 5.02. The van der Waals surface area contributed by atoms with Gasteiger partial charge in [0, 0.05) is 18.9 Å². The summed E-state index contributed by atoms with van der Waals surface area (Å²) < 4.78 is 5.38. The molecule has 0 saturated carbocycles. The number of aromatic nitrogens is 2. The first kappa shape index (κ1) is 14.0. The Balaban J connectivity index is 1.73. The summed E-state index contributed by atoms with van der Waals surface area (Å²) in [4.78, 5) is 19.3. The summed E-state index contributed by atoms with van der Waals surface area (Å²) >= 11 is 0. The van der Waals surface area contributed by atoms with Gasteiger partial charge in [0.15, 0.2) is 0 Å². The second-order valence-corrected chi connectivity index (χ2v) is 4.08. The van der Waals surface area contributed by atoms with E-state index in [0.29, 0.717) is 5.75 Å². The molecule has 0 aliphatic carbocycles. The van der Waals surface area contributed by atoms with Gasteiger partial charge in [-0.2, -0.15) is 0 Å². The quantitative estimate of drug-likeness (QED) is 0.807. The molecule has 0 radical (unpaired) electrons. The summed E-state index contributed by atoms with van der Waals surface area (Å²) in [5.74, 6) is 0.295. The number of ether oxygens (including phenoxy) is 1. The van der Waals surface area contributed by atoms with Crippen molar-refractivity contribution >= 4 is 5.91 Å². The Labute approximate surface area is 116 Å². The molecule has 0 aliphatic rings. The van der Waals surface area contributed by atoms with Crippen molar-refractivity contribution in [3.63, 3.8) is 0 Å². The van der Waals surface area contributed by atoms with E-state index in [2.05, 4.69) is 15.3 Å². The van der Waals surface area contributed by atoms with Crippen LogP contribution in [0.25, 0.3) is 0 Å². The molecule has 2 N–H and O–H groups in total. The van der Waals surface area contributed by atoms with E-state index < -0.39 is 6.10 Å². The highest BCUT2D eigenvalue weighted by Gasteiger charge is 2.10. The van der Waals surface area contributed by atoms with Crippen LogP contribution >= 0.6 is 0 Å². The van der Waals surface area contributed by atoms with Crippen molar-refractivity contribution in [2.75, 3.05) is 13.2 Å². The number of rotatable bonds is 6. The summed E-state index contributed by atoms with van der Waals surface area (Å²) in [6.45, 7) is 0.188. The monoisotopic (exact) mass is 273 g/mol. The second-order valence-electron chi connectivity index (χ2n) is 4.08. The average Bonchev–Trinajstić information content (AvgIpc) is 2.52. The summed E-state index contributed by atoms with van der Waals surface area (Å²) in [6.07, 6.45) is 3.49. The van der Waals surface area contributed by atoms with Gasteiger partial charge in [0.1, 0.15) is 24.2 Å². The fraction of sp³-hybridized carbons (Fsp3) is 0.214. The molecule has 0 bridgehead atoms. The van der Waals surface area contributed by atoms with Crippen molar-refractivity contribution in [2.45, 2.75) is 6.10 Å². The molecule has 1 unspecified atom stereocenters. The molecule has 20 heavy (non-hydrogen) atoms. The zero-order valence-corrected chi connectivity index (χ0v) is 10.8. The van der Waals surface area contributed by atoms with E-state index in [0.717, 1.165) is 0 Å². The molecule has 1 amide bonds. The number of hydrogen-bond acceptors (Lipinski definition) is 5. The lowest BCUT2D eigenvalue weighted by Gasteiger charge is -2.13. The van der Waals surface area contributed by atoms with Gasteiger partial charge in [0.05, 0.1) is 6.20 Å². The third kappa shape index (κ3) is 4.33. The SMILES string of the molecule is O=C(NCC(O)COc1ccccc1)c1cnccn1. The van der Waals surface area contributed by atoms with Gasteiger partial charge in [-0.05, 0) is 12.1 Å². The molecular weight excluding hydrogens is 258 g/mol. The second kappa shape index (κ2) is 7.20. The molecule has 0 aliphatic heterocycles. The van der Waals surface area contributed by atoms with Gasteiger partial charge < -0.3 is 15.2 Å². The van der Waals surface area contributed by atoms with E-state index >= 15 is 0 Å². The summed E-state index contributed by atoms with van der Waals surface area (Å²) in [5.41, 5.74) is 0.212.